The molecule has 0 aliphatic carbocycles. The first-order valence-electron chi connectivity index (χ1n) is 6.27. The minimum Gasteiger partial charge on any atom is -0.307 e. The summed E-state index contributed by atoms with van der Waals surface area (Å²) in [6.07, 6.45) is 3.53. The molecule has 0 spiro atoms. The van der Waals surface area contributed by atoms with Gasteiger partial charge in [0.2, 0.25) is 0 Å². The molecule has 1 aromatic heterocycles. The van der Waals surface area contributed by atoms with Crippen LogP contribution in [-0.2, 0) is 6.42 Å². The topological polar surface area (TPSA) is 33.2 Å². The Hall–Kier alpha value is -2.23. The predicted molar refractivity (Wildman–Crippen MR) is 70.6 cm³/mol. The smallest absolute Gasteiger partial charge is 0.258 e. The first-order valence-corrected chi connectivity index (χ1v) is 6.27. The highest BCUT2D eigenvalue weighted by molar-refractivity contribution is 6.06. The van der Waals surface area contributed by atoms with Gasteiger partial charge in [-0.2, -0.15) is 0 Å². The molecule has 0 unspecified atom stereocenters. The molecule has 1 aliphatic heterocycles. The second-order valence-corrected chi connectivity index (χ2v) is 4.54. The Labute approximate surface area is 110 Å². The van der Waals surface area contributed by atoms with Crippen LogP contribution in [-0.4, -0.2) is 17.4 Å². The van der Waals surface area contributed by atoms with Crippen molar-refractivity contribution in [3.63, 3.8) is 0 Å². The summed E-state index contributed by atoms with van der Waals surface area (Å²) in [4.78, 5) is 18.5. The summed E-state index contributed by atoms with van der Waals surface area (Å²) in [5, 5.41) is 0. The maximum Gasteiger partial charge on any atom is 0.258 e. The molecule has 0 N–H and O–H groups in total. The number of carbonyl (C=O) groups is 1. The fourth-order valence-corrected chi connectivity index (χ4v) is 2.35. The first kappa shape index (κ1) is 11.8. The average molecular weight is 256 g/mol. The maximum atomic E-state index is 12.9. The molecule has 0 atom stereocenters. The zero-order chi connectivity index (χ0) is 13.2. The fraction of sp³-hybridized carbons (Fsp3) is 0.200. The van der Waals surface area contributed by atoms with E-state index in [1.807, 2.05) is 12.1 Å². The number of aryl methyl sites for hydroxylation is 1. The molecule has 4 heteroatoms. The van der Waals surface area contributed by atoms with Gasteiger partial charge < -0.3 is 4.90 Å². The summed E-state index contributed by atoms with van der Waals surface area (Å²) in [5.74, 6) is -0.439. The van der Waals surface area contributed by atoms with Crippen LogP contribution in [0.3, 0.4) is 0 Å². The number of carbonyl (C=O) groups excluding carboxylic acids is 1. The van der Waals surface area contributed by atoms with Gasteiger partial charge in [0.15, 0.2) is 0 Å². The van der Waals surface area contributed by atoms with E-state index in [4.69, 9.17) is 0 Å². The molecule has 0 fully saturated rings. The third-order valence-corrected chi connectivity index (χ3v) is 3.29. The van der Waals surface area contributed by atoms with E-state index in [1.54, 1.807) is 11.1 Å². The van der Waals surface area contributed by atoms with E-state index in [0.717, 1.165) is 24.2 Å². The van der Waals surface area contributed by atoms with Gasteiger partial charge in [-0.25, -0.2) is 4.39 Å². The van der Waals surface area contributed by atoms with Crippen LogP contribution in [0.15, 0.2) is 42.6 Å². The number of hydrogen-bond acceptors (Lipinski definition) is 2. The van der Waals surface area contributed by atoms with Crippen molar-refractivity contribution in [3.8, 4) is 0 Å². The van der Waals surface area contributed by atoms with Gasteiger partial charge in [0.1, 0.15) is 5.82 Å². The lowest BCUT2D eigenvalue weighted by atomic mass is 10.1. The van der Waals surface area contributed by atoms with Crippen molar-refractivity contribution in [2.24, 2.45) is 0 Å². The Morgan fingerprint density at radius 2 is 2.00 bits per heavy atom. The molecule has 1 aliphatic rings. The first-order chi connectivity index (χ1) is 9.25. The highest BCUT2D eigenvalue weighted by Crippen LogP contribution is 2.26. The van der Waals surface area contributed by atoms with E-state index < -0.39 is 0 Å². The predicted octanol–water partition coefficient (Wildman–Crippen LogP) is 2.81. The molecular formula is C15H13FN2O. The van der Waals surface area contributed by atoms with E-state index in [1.165, 1.54) is 24.3 Å². The Kier molecular flexibility index (Phi) is 2.99. The number of rotatable bonds is 1. The highest BCUT2D eigenvalue weighted by Gasteiger charge is 2.23. The monoisotopic (exact) mass is 256 g/mol. The van der Waals surface area contributed by atoms with Crippen LogP contribution in [0.5, 0.6) is 0 Å². The maximum absolute atomic E-state index is 12.9. The SMILES string of the molecule is O=C(c1ccc(F)cc1)N1CCCc2ncccc21. The van der Waals surface area contributed by atoms with Gasteiger partial charge in [-0.05, 0) is 49.2 Å². The number of nitrogens with zero attached hydrogens (tertiary/aromatic N) is 2. The number of pyridine rings is 1. The van der Waals surface area contributed by atoms with Crippen LogP contribution in [0.1, 0.15) is 22.5 Å². The number of fused-ring (bicyclic) bond motifs is 1. The van der Waals surface area contributed by atoms with Crippen molar-refractivity contribution in [2.75, 3.05) is 11.4 Å². The summed E-state index contributed by atoms with van der Waals surface area (Å²) in [6.45, 7) is 0.675. The molecule has 2 heterocycles. The third-order valence-electron chi connectivity index (χ3n) is 3.29. The van der Waals surface area contributed by atoms with Crippen LogP contribution >= 0.6 is 0 Å². The van der Waals surface area contributed by atoms with Crippen LogP contribution in [0.4, 0.5) is 10.1 Å². The Bertz CT molecular complexity index is 610. The molecule has 0 saturated carbocycles. The number of halogens is 1. The molecule has 3 rings (SSSR count). The van der Waals surface area contributed by atoms with Crippen LogP contribution in [0.25, 0.3) is 0 Å². The second kappa shape index (κ2) is 4.80. The van der Waals surface area contributed by atoms with Gasteiger partial charge in [0.05, 0.1) is 11.4 Å². The van der Waals surface area contributed by atoms with Crippen LogP contribution in [0.2, 0.25) is 0 Å². The third kappa shape index (κ3) is 2.21. The van der Waals surface area contributed by atoms with Gasteiger partial charge >= 0.3 is 0 Å². The largest absolute Gasteiger partial charge is 0.307 e. The lowest BCUT2D eigenvalue weighted by molar-refractivity contribution is 0.0985. The van der Waals surface area contributed by atoms with Crippen LogP contribution in [0, 0.1) is 5.82 Å². The standard InChI is InChI=1S/C15H13FN2O/c16-12-7-5-11(6-8-12)15(19)18-10-2-3-13-14(18)4-1-9-17-13/h1,4-9H,2-3,10H2. The van der Waals surface area contributed by atoms with Gasteiger partial charge in [-0.3, -0.25) is 9.78 Å². The average Bonchev–Trinajstić information content (AvgIpc) is 2.47. The molecule has 3 nitrogen and oxygen atoms in total. The molecular weight excluding hydrogens is 243 g/mol. The lowest BCUT2D eigenvalue weighted by Gasteiger charge is -2.28. The zero-order valence-electron chi connectivity index (χ0n) is 10.3. The minimum absolute atomic E-state index is 0.103. The number of benzene rings is 1. The number of amides is 1. The zero-order valence-corrected chi connectivity index (χ0v) is 10.3. The van der Waals surface area contributed by atoms with Crippen molar-refractivity contribution in [3.05, 3.63) is 59.7 Å². The molecule has 0 radical (unpaired) electrons. The van der Waals surface area contributed by atoms with E-state index in [2.05, 4.69) is 4.98 Å². The minimum atomic E-state index is -0.336. The van der Waals surface area contributed by atoms with Gasteiger partial charge in [-0.15, -0.1) is 0 Å². The Morgan fingerprint density at radius 1 is 1.21 bits per heavy atom. The van der Waals surface area contributed by atoms with E-state index in [9.17, 15) is 9.18 Å². The molecule has 96 valence electrons. The van der Waals surface area contributed by atoms with Crippen molar-refractivity contribution in [2.45, 2.75) is 12.8 Å². The molecule has 19 heavy (non-hydrogen) atoms. The van der Waals surface area contributed by atoms with E-state index in [0.29, 0.717) is 12.1 Å². The normalized spacial score (nSPS) is 14.1. The summed E-state index contributed by atoms with van der Waals surface area (Å²) in [7, 11) is 0. The van der Waals surface area contributed by atoms with Gasteiger partial charge in [-0.1, -0.05) is 0 Å². The number of anilines is 1. The summed E-state index contributed by atoms with van der Waals surface area (Å²) >= 11 is 0. The Morgan fingerprint density at radius 3 is 2.79 bits per heavy atom. The molecule has 1 aromatic carbocycles. The summed E-state index contributed by atoms with van der Waals surface area (Å²) in [5.41, 5.74) is 2.31. The van der Waals surface area contributed by atoms with Crippen LogP contribution < -0.4 is 4.90 Å². The van der Waals surface area contributed by atoms with Crippen molar-refractivity contribution >= 4 is 11.6 Å². The summed E-state index contributed by atoms with van der Waals surface area (Å²) < 4.78 is 12.9. The second-order valence-electron chi connectivity index (χ2n) is 4.54. The molecule has 0 bridgehead atoms. The molecule has 0 saturated heterocycles. The molecule has 2 aromatic rings. The van der Waals surface area contributed by atoms with E-state index >= 15 is 0 Å². The molecule has 1 amide bonds. The number of hydrogen-bond donors (Lipinski definition) is 0. The van der Waals surface area contributed by atoms with Crippen molar-refractivity contribution in [1.29, 1.82) is 0 Å². The number of aromatic nitrogens is 1. The lowest BCUT2D eigenvalue weighted by Crippen LogP contribution is -2.35. The van der Waals surface area contributed by atoms with E-state index in [-0.39, 0.29) is 11.7 Å². The highest BCUT2D eigenvalue weighted by atomic mass is 19.1. The summed E-state index contributed by atoms with van der Waals surface area (Å²) in [6, 6.07) is 9.38. The van der Waals surface area contributed by atoms with Gasteiger partial charge in [0.25, 0.3) is 5.91 Å². The van der Waals surface area contributed by atoms with Crippen molar-refractivity contribution < 1.29 is 9.18 Å². The Balaban J connectivity index is 1.95. The van der Waals surface area contributed by atoms with Crippen molar-refractivity contribution in [1.82, 2.24) is 4.98 Å². The fourth-order valence-electron chi connectivity index (χ4n) is 2.35. The quantitative estimate of drug-likeness (QED) is 0.786. The van der Waals surface area contributed by atoms with Gasteiger partial charge in [0, 0.05) is 18.3 Å².